The summed E-state index contributed by atoms with van der Waals surface area (Å²) >= 11 is 0. The molecule has 0 unspecified atom stereocenters. The number of benzene rings is 1. The first-order valence-electron chi connectivity index (χ1n) is 9.86. The molecule has 2 aliphatic heterocycles. The van der Waals surface area contributed by atoms with Crippen molar-refractivity contribution in [3.8, 4) is 0 Å². The minimum absolute atomic E-state index is 0.248. The van der Waals surface area contributed by atoms with Crippen LogP contribution in [0, 0.1) is 5.92 Å². The molecule has 2 aliphatic rings. The Bertz CT molecular complexity index is 773. The van der Waals surface area contributed by atoms with Gasteiger partial charge < -0.3 is 9.80 Å². The zero-order chi connectivity index (χ0) is 18.6. The van der Waals surface area contributed by atoms with E-state index in [1.54, 1.807) is 6.33 Å². The minimum Gasteiger partial charge on any atom is -0.354 e. The molecule has 27 heavy (non-hydrogen) atoms. The van der Waals surface area contributed by atoms with Crippen molar-refractivity contribution in [3.63, 3.8) is 0 Å². The molecule has 142 valence electrons. The van der Waals surface area contributed by atoms with Crippen LogP contribution >= 0.6 is 0 Å². The van der Waals surface area contributed by atoms with E-state index < -0.39 is 0 Å². The van der Waals surface area contributed by atoms with Crippen LogP contribution in [0.1, 0.15) is 19.0 Å². The molecular weight excluding hydrogens is 338 g/mol. The summed E-state index contributed by atoms with van der Waals surface area (Å²) in [5, 5.41) is 0. The van der Waals surface area contributed by atoms with Gasteiger partial charge in [0.1, 0.15) is 12.1 Å². The Morgan fingerprint density at radius 1 is 1.07 bits per heavy atom. The second-order valence-electron chi connectivity index (χ2n) is 7.42. The summed E-state index contributed by atoms with van der Waals surface area (Å²) in [5.41, 5.74) is 2.11. The summed E-state index contributed by atoms with van der Waals surface area (Å²) < 4.78 is 0. The van der Waals surface area contributed by atoms with E-state index in [2.05, 4.69) is 32.8 Å². The summed E-state index contributed by atoms with van der Waals surface area (Å²) in [5.74, 6) is 1.70. The molecule has 0 aliphatic carbocycles. The molecule has 1 atom stereocenters. The largest absolute Gasteiger partial charge is 0.354 e. The van der Waals surface area contributed by atoms with Gasteiger partial charge in [-0.2, -0.15) is 0 Å². The van der Waals surface area contributed by atoms with E-state index in [4.69, 9.17) is 0 Å². The Morgan fingerprint density at radius 3 is 2.59 bits per heavy atom. The topological polar surface area (TPSA) is 52.6 Å². The van der Waals surface area contributed by atoms with Crippen molar-refractivity contribution < 1.29 is 4.79 Å². The lowest BCUT2D eigenvalue weighted by Gasteiger charge is -2.36. The maximum atomic E-state index is 12.4. The number of hydrogen-bond acceptors (Lipinski definition) is 5. The molecule has 0 radical (unpaired) electrons. The number of amides is 1. The third kappa shape index (κ3) is 4.11. The molecule has 3 heterocycles. The number of anilines is 2. The van der Waals surface area contributed by atoms with Crippen molar-refractivity contribution in [2.24, 2.45) is 5.92 Å². The van der Waals surface area contributed by atoms with E-state index in [9.17, 15) is 4.79 Å². The van der Waals surface area contributed by atoms with Gasteiger partial charge in [-0.1, -0.05) is 25.1 Å². The van der Waals surface area contributed by atoms with Gasteiger partial charge in [-0.25, -0.2) is 9.97 Å². The molecule has 2 aromatic rings. The second kappa shape index (κ2) is 8.05. The van der Waals surface area contributed by atoms with Crippen LogP contribution in [0.25, 0.3) is 0 Å². The Kier molecular flexibility index (Phi) is 5.34. The van der Waals surface area contributed by atoms with Crippen molar-refractivity contribution in [3.05, 3.63) is 48.4 Å². The number of carbonyl (C=O) groups excluding carboxylic acids is 1. The molecule has 1 amide bonds. The molecule has 0 bridgehead atoms. The van der Waals surface area contributed by atoms with Crippen LogP contribution in [-0.2, 0) is 11.2 Å². The van der Waals surface area contributed by atoms with Crippen LogP contribution in [0.4, 0.5) is 11.5 Å². The van der Waals surface area contributed by atoms with Gasteiger partial charge in [0.05, 0.1) is 0 Å². The maximum Gasteiger partial charge on any atom is 0.227 e. The molecule has 6 heteroatoms. The van der Waals surface area contributed by atoms with E-state index in [0.29, 0.717) is 12.3 Å². The third-order valence-electron chi connectivity index (χ3n) is 5.56. The zero-order valence-corrected chi connectivity index (χ0v) is 15.9. The SMILES string of the molecule is CCc1cc(N2CCN(C[C@H]3CC(=O)N(c4ccccc4)C3)CC2)ncn1. The average Bonchev–Trinajstić information content (AvgIpc) is 3.09. The van der Waals surface area contributed by atoms with E-state index >= 15 is 0 Å². The van der Waals surface area contributed by atoms with Crippen molar-refractivity contribution in [2.75, 3.05) is 49.1 Å². The summed E-state index contributed by atoms with van der Waals surface area (Å²) in [6.07, 6.45) is 3.26. The van der Waals surface area contributed by atoms with Gasteiger partial charge in [0.15, 0.2) is 0 Å². The zero-order valence-electron chi connectivity index (χ0n) is 15.9. The molecule has 1 aromatic heterocycles. The number of rotatable bonds is 5. The first-order valence-corrected chi connectivity index (χ1v) is 9.86. The number of nitrogens with zero attached hydrogens (tertiary/aromatic N) is 5. The van der Waals surface area contributed by atoms with Crippen LogP contribution in [-0.4, -0.2) is 60.0 Å². The molecule has 0 spiro atoms. The molecule has 1 aromatic carbocycles. The highest BCUT2D eigenvalue weighted by Crippen LogP contribution is 2.26. The first kappa shape index (κ1) is 17.9. The lowest BCUT2D eigenvalue weighted by atomic mass is 10.1. The van der Waals surface area contributed by atoms with Crippen molar-refractivity contribution in [1.82, 2.24) is 14.9 Å². The molecule has 4 rings (SSSR count). The van der Waals surface area contributed by atoms with Crippen LogP contribution in [0.15, 0.2) is 42.7 Å². The lowest BCUT2D eigenvalue weighted by molar-refractivity contribution is -0.117. The number of aromatic nitrogens is 2. The van der Waals surface area contributed by atoms with Gasteiger partial charge >= 0.3 is 0 Å². The van der Waals surface area contributed by atoms with Gasteiger partial charge in [0, 0.05) is 63.1 Å². The smallest absolute Gasteiger partial charge is 0.227 e. The number of hydrogen-bond donors (Lipinski definition) is 0. The standard InChI is InChI=1S/C21H27N5O/c1-2-18-13-20(23-16-22-18)25-10-8-24(9-11-25)14-17-12-21(27)26(15-17)19-6-4-3-5-7-19/h3-7,13,16-17H,2,8-12,14-15H2,1H3/t17-/m1/s1. The minimum atomic E-state index is 0.248. The number of carbonyl (C=O) groups is 1. The van der Waals surface area contributed by atoms with Crippen molar-refractivity contribution in [1.29, 1.82) is 0 Å². The Morgan fingerprint density at radius 2 is 1.85 bits per heavy atom. The Labute approximate surface area is 160 Å². The second-order valence-corrected chi connectivity index (χ2v) is 7.42. The van der Waals surface area contributed by atoms with Crippen molar-refractivity contribution in [2.45, 2.75) is 19.8 Å². The highest BCUT2D eigenvalue weighted by molar-refractivity contribution is 5.95. The van der Waals surface area contributed by atoms with Gasteiger partial charge in [0.2, 0.25) is 5.91 Å². The van der Waals surface area contributed by atoms with Crippen LogP contribution in [0.3, 0.4) is 0 Å². The van der Waals surface area contributed by atoms with Crippen molar-refractivity contribution >= 4 is 17.4 Å². The van der Waals surface area contributed by atoms with E-state index in [-0.39, 0.29) is 5.91 Å². The lowest BCUT2D eigenvalue weighted by Crippen LogP contribution is -2.48. The monoisotopic (exact) mass is 365 g/mol. The summed E-state index contributed by atoms with van der Waals surface area (Å²) in [6, 6.07) is 12.1. The van der Waals surface area contributed by atoms with E-state index in [0.717, 1.165) is 62.9 Å². The van der Waals surface area contributed by atoms with Crippen LogP contribution in [0.2, 0.25) is 0 Å². The Hall–Kier alpha value is -2.47. The predicted octanol–water partition coefficient (Wildman–Crippen LogP) is 2.21. The molecule has 2 saturated heterocycles. The number of aryl methyl sites for hydroxylation is 1. The average molecular weight is 365 g/mol. The molecule has 0 saturated carbocycles. The normalized spacial score (nSPS) is 21.1. The van der Waals surface area contributed by atoms with Gasteiger partial charge in [-0.15, -0.1) is 0 Å². The van der Waals surface area contributed by atoms with Gasteiger partial charge in [-0.3, -0.25) is 9.69 Å². The number of para-hydroxylation sites is 1. The quantitative estimate of drug-likeness (QED) is 0.813. The summed E-state index contributed by atoms with van der Waals surface area (Å²) in [6.45, 7) is 7.92. The molecule has 6 nitrogen and oxygen atoms in total. The summed E-state index contributed by atoms with van der Waals surface area (Å²) in [7, 11) is 0. The highest BCUT2D eigenvalue weighted by atomic mass is 16.2. The third-order valence-corrected chi connectivity index (χ3v) is 5.56. The maximum absolute atomic E-state index is 12.4. The molecule has 2 fully saturated rings. The van der Waals surface area contributed by atoms with Gasteiger partial charge in [0.25, 0.3) is 0 Å². The fraction of sp³-hybridized carbons (Fsp3) is 0.476. The highest BCUT2D eigenvalue weighted by Gasteiger charge is 2.32. The number of piperazine rings is 1. The summed E-state index contributed by atoms with van der Waals surface area (Å²) in [4.78, 5) is 27.9. The van der Waals surface area contributed by atoms with E-state index in [1.165, 1.54) is 0 Å². The van der Waals surface area contributed by atoms with Gasteiger partial charge in [-0.05, 0) is 24.5 Å². The van der Waals surface area contributed by atoms with Crippen LogP contribution in [0.5, 0.6) is 0 Å². The Balaban J connectivity index is 1.30. The first-order chi connectivity index (χ1) is 13.2. The predicted molar refractivity (Wildman–Crippen MR) is 107 cm³/mol. The fourth-order valence-electron chi connectivity index (χ4n) is 4.04. The molecule has 0 N–H and O–H groups in total. The molecular formula is C21H27N5O. The fourth-order valence-corrected chi connectivity index (χ4v) is 4.04. The van der Waals surface area contributed by atoms with E-state index in [1.807, 2.05) is 35.2 Å². The van der Waals surface area contributed by atoms with Crippen LogP contribution < -0.4 is 9.80 Å².